The van der Waals surface area contributed by atoms with Crippen molar-refractivity contribution in [3.63, 3.8) is 0 Å². The number of nitrogens with one attached hydrogen (secondary N) is 1. The molecule has 0 fully saturated rings. The monoisotopic (exact) mass is 298 g/mol. The van der Waals surface area contributed by atoms with Crippen molar-refractivity contribution in [2.75, 3.05) is 11.1 Å². The lowest BCUT2D eigenvalue weighted by Gasteiger charge is -2.18. The van der Waals surface area contributed by atoms with Crippen LogP contribution in [-0.4, -0.2) is 17.0 Å². The number of halogens is 1. The molecule has 0 aliphatic carbocycles. The van der Waals surface area contributed by atoms with Gasteiger partial charge in [-0.1, -0.05) is 17.8 Å². The maximum Gasteiger partial charge on any atom is 0.161 e. The molecule has 16 heavy (non-hydrogen) atoms. The maximum atomic E-state index is 4.60. The van der Waals surface area contributed by atoms with Crippen molar-refractivity contribution in [3.8, 4) is 0 Å². The molecule has 0 radical (unpaired) electrons. The molecule has 0 bridgehead atoms. The quantitative estimate of drug-likeness (QED) is 0.846. The summed E-state index contributed by atoms with van der Waals surface area (Å²) in [5, 5.41) is 4.42. The number of aryl methyl sites for hydroxylation is 1. The van der Waals surface area contributed by atoms with Crippen LogP contribution in [0.25, 0.3) is 0 Å². The second-order valence-electron chi connectivity index (χ2n) is 4.03. The molecule has 1 N–H and O–H groups in total. The summed E-state index contributed by atoms with van der Waals surface area (Å²) >= 11 is 5.34. The van der Waals surface area contributed by atoms with Crippen LogP contribution in [0.4, 0.5) is 5.69 Å². The van der Waals surface area contributed by atoms with Gasteiger partial charge in [-0.15, -0.1) is 0 Å². The molecule has 1 aliphatic heterocycles. The van der Waals surface area contributed by atoms with E-state index in [4.69, 9.17) is 0 Å². The van der Waals surface area contributed by atoms with Crippen LogP contribution >= 0.6 is 27.7 Å². The molecule has 86 valence electrons. The zero-order chi connectivity index (χ0) is 11.5. The summed E-state index contributed by atoms with van der Waals surface area (Å²) in [6, 6.07) is 6.72. The van der Waals surface area contributed by atoms with Crippen LogP contribution in [-0.2, 0) is 0 Å². The van der Waals surface area contributed by atoms with Crippen LogP contribution in [0.2, 0.25) is 0 Å². The van der Waals surface area contributed by atoms with Crippen molar-refractivity contribution < 1.29 is 0 Å². The van der Waals surface area contributed by atoms with Crippen molar-refractivity contribution in [2.24, 2.45) is 4.99 Å². The summed E-state index contributed by atoms with van der Waals surface area (Å²) in [5.41, 5.74) is 2.35. The van der Waals surface area contributed by atoms with E-state index >= 15 is 0 Å². The Bertz CT molecular complexity index is 417. The van der Waals surface area contributed by atoms with Crippen LogP contribution < -0.4 is 5.32 Å². The lowest BCUT2D eigenvalue weighted by Crippen LogP contribution is -2.18. The van der Waals surface area contributed by atoms with E-state index in [-0.39, 0.29) is 0 Å². The number of benzene rings is 1. The van der Waals surface area contributed by atoms with Gasteiger partial charge in [0.25, 0.3) is 0 Å². The highest BCUT2D eigenvalue weighted by molar-refractivity contribution is 9.10. The molecule has 2 rings (SSSR count). The highest BCUT2D eigenvalue weighted by Gasteiger charge is 2.12. The first kappa shape index (κ1) is 12.0. The fourth-order valence-electron chi connectivity index (χ4n) is 1.55. The Balaban J connectivity index is 2.17. The van der Waals surface area contributed by atoms with Gasteiger partial charge in [-0.05, 0) is 53.9 Å². The van der Waals surface area contributed by atoms with Crippen LogP contribution in [0.15, 0.2) is 27.7 Å². The average molecular weight is 299 g/mol. The molecule has 4 heteroatoms. The largest absolute Gasteiger partial charge is 0.334 e. The van der Waals surface area contributed by atoms with Gasteiger partial charge in [0.05, 0.1) is 11.7 Å². The van der Waals surface area contributed by atoms with E-state index in [0.717, 1.165) is 21.1 Å². The number of anilines is 1. The highest BCUT2D eigenvalue weighted by atomic mass is 79.9. The Kier molecular flexibility index (Phi) is 3.92. The average Bonchev–Trinajstić information content (AvgIpc) is 2.24. The number of nitrogens with zero attached hydrogens (tertiary/aromatic N) is 1. The standard InChI is InChI=1S/C12H15BrN2S/c1-8-3-4-10(13)11(7-8)15-12-14-9(2)5-6-16-12/h3-4,7,9H,5-6H2,1-2H3,(H,14,15). The van der Waals surface area contributed by atoms with E-state index in [1.807, 2.05) is 0 Å². The molecule has 0 saturated heterocycles. The lowest BCUT2D eigenvalue weighted by molar-refractivity contribution is 0.720. The maximum absolute atomic E-state index is 4.60. The third kappa shape index (κ3) is 3.01. The van der Waals surface area contributed by atoms with Crippen LogP contribution in [0.3, 0.4) is 0 Å². The van der Waals surface area contributed by atoms with Gasteiger partial charge in [0, 0.05) is 10.2 Å². The van der Waals surface area contributed by atoms with Gasteiger partial charge in [-0.2, -0.15) is 0 Å². The van der Waals surface area contributed by atoms with E-state index < -0.39 is 0 Å². The summed E-state index contributed by atoms with van der Waals surface area (Å²) in [5.74, 6) is 1.15. The smallest absolute Gasteiger partial charge is 0.161 e. The Hall–Kier alpha value is -0.480. The molecule has 0 saturated carbocycles. The summed E-state index contributed by atoms with van der Waals surface area (Å²) in [7, 11) is 0. The molecular weight excluding hydrogens is 284 g/mol. The second-order valence-corrected chi connectivity index (χ2v) is 5.97. The number of aliphatic imine (C=N–C) groups is 1. The molecule has 1 aliphatic rings. The molecule has 0 spiro atoms. The minimum atomic E-state index is 0.437. The van der Waals surface area contributed by atoms with Gasteiger partial charge in [-0.3, -0.25) is 4.99 Å². The zero-order valence-corrected chi connectivity index (χ0v) is 11.9. The van der Waals surface area contributed by atoms with Crippen molar-refractivity contribution in [3.05, 3.63) is 28.2 Å². The fourth-order valence-corrected chi connectivity index (χ4v) is 2.98. The number of hydrogen-bond acceptors (Lipinski definition) is 3. The van der Waals surface area contributed by atoms with Crippen molar-refractivity contribution in [2.45, 2.75) is 26.3 Å². The molecule has 1 aromatic rings. The highest BCUT2D eigenvalue weighted by Crippen LogP contribution is 2.26. The SMILES string of the molecule is Cc1ccc(Br)c(NC2=NC(C)CCS2)c1. The number of thioether (sulfide) groups is 1. The van der Waals surface area contributed by atoms with E-state index in [9.17, 15) is 0 Å². The number of amidine groups is 1. The van der Waals surface area contributed by atoms with Gasteiger partial charge in [0.2, 0.25) is 0 Å². The van der Waals surface area contributed by atoms with Gasteiger partial charge >= 0.3 is 0 Å². The number of hydrogen-bond donors (Lipinski definition) is 1. The molecule has 1 heterocycles. The van der Waals surface area contributed by atoms with E-state index in [2.05, 4.69) is 58.3 Å². The van der Waals surface area contributed by atoms with Gasteiger partial charge < -0.3 is 5.32 Å². The normalized spacial score (nSPS) is 20.4. The third-order valence-corrected chi connectivity index (χ3v) is 4.09. The van der Waals surface area contributed by atoms with Gasteiger partial charge in [0.1, 0.15) is 0 Å². The fraction of sp³-hybridized carbons (Fsp3) is 0.417. The molecule has 0 amide bonds. The van der Waals surface area contributed by atoms with Crippen LogP contribution in [0, 0.1) is 6.92 Å². The minimum absolute atomic E-state index is 0.437. The minimum Gasteiger partial charge on any atom is -0.334 e. The first-order valence-electron chi connectivity index (χ1n) is 5.39. The molecular formula is C12H15BrN2S. The Morgan fingerprint density at radius 1 is 1.50 bits per heavy atom. The van der Waals surface area contributed by atoms with Gasteiger partial charge in [-0.25, -0.2) is 0 Å². The zero-order valence-electron chi connectivity index (χ0n) is 9.46. The first-order valence-corrected chi connectivity index (χ1v) is 7.17. The molecule has 1 atom stereocenters. The third-order valence-electron chi connectivity index (χ3n) is 2.48. The molecule has 1 aromatic carbocycles. The van der Waals surface area contributed by atoms with Crippen molar-refractivity contribution >= 4 is 38.5 Å². The van der Waals surface area contributed by atoms with E-state index in [1.54, 1.807) is 11.8 Å². The number of rotatable bonds is 1. The lowest BCUT2D eigenvalue weighted by atomic mass is 10.2. The predicted molar refractivity (Wildman–Crippen MR) is 76.5 cm³/mol. The Morgan fingerprint density at radius 2 is 2.31 bits per heavy atom. The summed E-state index contributed by atoms with van der Waals surface area (Å²) in [6.07, 6.45) is 1.17. The van der Waals surface area contributed by atoms with Gasteiger partial charge in [0.15, 0.2) is 5.17 Å². The Morgan fingerprint density at radius 3 is 3.06 bits per heavy atom. The molecule has 0 aromatic heterocycles. The van der Waals surface area contributed by atoms with Crippen LogP contribution in [0.5, 0.6) is 0 Å². The van der Waals surface area contributed by atoms with Crippen LogP contribution in [0.1, 0.15) is 18.9 Å². The first-order chi connectivity index (χ1) is 7.65. The second kappa shape index (κ2) is 5.23. The predicted octanol–water partition coefficient (Wildman–Crippen LogP) is 4.05. The van der Waals surface area contributed by atoms with Crippen molar-refractivity contribution in [1.29, 1.82) is 0 Å². The molecule has 2 nitrogen and oxygen atoms in total. The Labute approximate surface area is 109 Å². The van der Waals surface area contributed by atoms with E-state index in [1.165, 1.54) is 12.0 Å². The summed E-state index contributed by atoms with van der Waals surface area (Å²) < 4.78 is 1.08. The molecule has 1 unspecified atom stereocenters. The summed E-state index contributed by atoms with van der Waals surface area (Å²) in [6.45, 7) is 4.25. The summed E-state index contributed by atoms with van der Waals surface area (Å²) in [4.78, 5) is 4.60. The van der Waals surface area contributed by atoms with Crippen molar-refractivity contribution in [1.82, 2.24) is 0 Å². The van der Waals surface area contributed by atoms with E-state index in [0.29, 0.717) is 6.04 Å². The topological polar surface area (TPSA) is 24.4 Å².